The molecule has 2 atom stereocenters. The quantitative estimate of drug-likeness (QED) is 0.759. The zero-order valence-corrected chi connectivity index (χ0v) is 11.2. The van der Waals surface area contributed by atoms with E-state index in [0.29, 0.717) is 24.3 Å². The third-order valence-electron chi connectivity index (χ3n) is 4.72. The first-order chi connectivity index (χ1) is 8.83. The van der Waals surface area contributed by atoms with Crippen LogP contribution in [0.1, 0.15) is 44.9 Å². The largest absolute Gasteiger partial charge is 0.341 e. The Hall–Kier alpha value is -0.830. The lowest BCUT2D eigenvalue weighted by Crippen LogP contribution is -2.41. The molecule has 2 heterocycles. The van der Waals surface area contributed by atoms with Crippen molar-refractivity contribution in [2.45, 2.75) is 51.0 Å². The van der Waals surface area contributed by atoms with E-state index >= 15 is 0 Å². The van der Waals surface area contributed by atoms with Crippen LogP contribution in [-0.4, -0.2) is 36.5 Å². The summed E-state index contributed by atoms with van der Waals surface area (Å²) in [6.45, 7) is 3.06. The van der Waals surface area contributed by atoms with E-state index in [0.717, 1.165) is 26.1 Å². The van der Waals surface area contributed by atoms with E-state index in [-0.39, 0.29) is 0 Å². The van der Waals surface area contributed by atoms with Gasteiger partial charge in [-0.15, -0.1) is 0 Å². The van der Waals surface area contributed by atoms with Gasteiger partial charge in [-0.2, -0.15) is 0 Å². The molecule has 0 spiro atoms. The maximum atomic E-state index is 12.3. The first kappa shape index (κ1) is 12.2. The summed E-state index contributed by atoms with van der Waals surface area (Å²) in [7, 11) is 0. The standard InChI is InChI=1S/C15H24N2O/c18-15(9-12-5-2-1-3-6-12)17-10-13-7-4-8-16-14(13)11-17/h5,13-14,16H,1-4,6-11H2/t13-,14+/m0/s1. The predicted octanol–water partition coefficient (Wildman–Crippen LogP) is 2.09. The summed E-state index contributed by atoms with van der Waals surface area (Å²) < 4.78 is 0. The maximum Gasteiger partial charge on any atom is 0.226 e. The van der Waals surface area contributed by atoms with Crippen LogP contribution in [0.4, 0.5) is 0 Å². The average molecular weight is 248 g/mol. The van der Waals surface area contributed by atoms with Gasteiger partial charge in [0.05, 0.1) is 0 Å². The van der Waals surface area contributed by atoms with Crippen LogP contribution in [0.15, 0.2) is 11.6 Å². The number of nitrogens with one attached hydrogen (secondary N) is 1. The highest BCUT2D eigenvalue weighted by molar-refractivity contribution is 5.79. The molecule has 1 N–H and O–H groups in total. The molecule has 3 heteroatoms. The lowest BCUT2D eigenvalue weighted by molar-refractivity contribution is -0.129. The van der Waals surface area contributed by atoms with Gasteiger partial charge in [0, 0.05) is 25.6 Å². The maximum absolute atomic E-state index is 12.3. The van der Waals surface area contributed by atoms with E-state index in [2.05, 4.69) is 16.3 Å². The highest BCUT2D eigenvalue weighted by Gasteiger charge is 2.36. The number of carbonyl (C=O) groups is 1. The van der Waals surface area contributed by atoms with Gasteiger partial charge in [-0.1, -0.05) is 11.6 Å². The lowest BCUT2D eigenvalue weighted by atomic mass is 9.94. The Labute approximate surface area is 110 Å². The fourth-order valence-corrected chi connectivity index (χ4v) is 3.62. The van der Waals surface area contributed by atoms with Crippen molar-refractivity contribution in [3.05, 3.63) is 11.6 Å². The number of nitrogens with zero attached hydrogens (tertiary/aromatic N) is 1. The summed E-state index contributed by atoms with van der Waals surface area (Å²) >= 11 is 0. The van der Waals surface area contributed by atoms with E-state index in [1.54, 1.807) is 0 Å². The summed E-state index contributed by atoms with van der Waals surface area (Å²) in [5, 5.41) is 3.56. The van der Waals surface area contributed by atoms with Crippen molar-refractivity contribution in [3.8, 4) is 0 Å². The first-order valence-electron chi connectivity index (χ1n) is 7.52. The van der Waals surface area contributed by atoms with Crippen LogP contribution in [0.3, 0.4) is 0 Å². The van der Waals surface area contributed by atoms with Crippen molar-refractivity contribution in [1.29, 1.82) is 0 Å². The van der Waals surface area contributed by atoms with E-state index in [1.807, 2.05) is 0 Å². The van der Waals surface area contributed by atoms with Crippen LogP contribution >= 0.6 is 0 Å². The molecule has 0 bridgehead atoms. The molecular weight excluding hydrogens is 224 g/mol. The first-order valence-corrected chi connectivity index (χ1v) is 7.52. The van der Waals surface area contributed by atoms with Crippen LogP contribution in [-0.2, 0) is 4.79 Å². The third kappa shape index (κ3) is 2.61. The zero-order valence-electron chi connectivity index (χ0n) is 11.2. The van der Waals surface area contributed by atoms with Gasteiger partial charge in [0.2, 0.25) is 5.91 Å². The van der Waals surface area contributed by atoms with Gasteiger partial charge in [-0.3, -0.25) is 4.79 Å². The Balaban J connectivity index is 1.55. The molecule has 0 aromatic heterocycles. The van der Waals surface area contributed by atoms with Crippen LogP contribution in [0.5, 0.6) is 0 Å². The van der Waals surface area contributed by atoms with Crippen LogP contribution in [0.2, 0.25) is 0 Å². The summed E-state index contributed by atoms with van der Waals surface area (Å²) in [6, 6.07) is 0.572. The number of fused-ring (bicyclic) bond motifs is 1. The van der Waals surface area contributed by atoms with Crippen molar-refractivity contribution in [2.24, 2.45) is 5.92 Å². The van der Waals surface area contributed by atoms with Gasteiger partial charge in [0.15, 0.2) is 0 Å². The smallest absolute Gasteiger partial charge is 0.226 e. The van der Waals surface area contributed by atoms with E-state index in [9.17, 15) is 4.79 Å². The second-order valence-electron chi connectivity index (χ2n) is 6.05. The molecule has 3 aliphatic rings. The van der Waals surface area contributed by atoms with Crippen molar-refractivity contribution in [2.75, 3.05) is 19.6 Å². The Bertz CT molecular complexity index is 336. The number of hydrogen-bond donors (Lipinski definition) is 1. The number of rotatable bonds is 2. The van der Waals surface area contributed by atoms with E-state index in [1.165, 1.54) is 37.7 Å². The molecule has 0 aromatic carbocycles. The molecule has 0 radical (unpaired) electrons. The highest BCUT2D eigenvalue weighted by atomic mass is 16.2. The summed E-state index contributed by atoms with van der Waals surface area (Å²) in [4.78, 5) is 14.4. The average Bonchev–Trinajstić information content (AvgIpc) is 2.84. The third-order valence-corrected chi connectivity index (χ3v) is 4.72. The van der Waals surface area contributed by atoms with Gasteiger partial charge in [-0.05, 0) is 51.0 Å². The van der Waals surface area contributed by atoms with Crippen molar-refractivity contribution < 1.29 is 4.79 Å². The summed E-state index contributed by atoms with van der Waals surface area (Å²) in [6.07, 6.45) is 10.4. The number of hydrogen-bond acceptors (Lipinski definition) is 2. The van der Waals surface area contributed by atoms with E-state index < -0.39 is 0 Å². The van der Waals surface area contributed by atoms with Gasteiger partial charge in [0.1, 0.15) is 0 Å². The molecule has 3 rings (SSSR count). The Morgan fingerprint density at radius 3 is 3.06 bits per heavy atom. The Morgan fingerprint density at radius 2 is 2.28 bits per heavy atom. The molecule has 1 amide bonds. The number of carbonyl (C=O) groups excluding carboxylic acids is 1. The van der Waals surface area contributed by atoms with Gasteiger partial charge in [-0.25, -0.2) is 0 Å². The monoisotopic (exact) mass is 248 g/mol. The molecule has 3 nitrogen and oxygen atoms in total. The lowest BCUT2D eigenvalue weighted by Gasteiger charge is -2.24. The van der Waals surface area contributed by atoms with Crippen molar-refractivity contribution in [3.63, 3.8) is 0 Å². The highest BCUT2D eigenvalue weighted by Crippen LogP contribution is 2.27. The Kier molecular flexibility index (Phi) is 3.69. The molecule has 2 fully saturated rings. The fraction of sp³-hybridized carbons (Fsp3) is 0.800. The van der Waals surface area contributed by atoms with Gasteiger partial charge in [0.25, 0.3) is 0 Å². The molecule has 1 aliphatic carbocycles. The Morgan fingerprint density at radius 1 is 1.33 bits per heavy atom. The van der Waals surface area contributed by atoms with Crippen LogP contribution < -0.4 is 5.32 Å². The minimum absolute atomic E-state index is 0.361. The summed E-state index contributed by atoms with van der Waals surface area (Å²) in [5.41, 5.74) is 1.38. The second-order valence-corrected chi connectivity index (χ2v) is 6.05. The molecule has 100 valence electrons. The molecule has 0 aromatic rings. The SMILES string of the molecule is O=C(CC1=CCCCC1)N1C[C@@H]2CCCN[C@@H]2C1. The molecule has 2 aliphatic heterocycles. The number of allylic oxidation sites excluding steroid dienone is 1. The molecular formula is C15H24N2O. The molecule has 0 saturated carbocycles. The van der Waals surface area contributed by atoms with E-state index in [4.69, 9.17) is 0 Å². The van der Waals surface area contributed by atoms with Crippen molar-refractivity contribution in [1.82, 2.24) is 10.2 Å². The van der Waals surface area contributed by atoms with Crippen LogP contribution in [0, 0.1) is 5.92 Å². The fourth-order valence-electron chi connectivity index (χ4n) is 3.62. The number of amides is 1. The topological polar surface area (TPSA) is 32.3 Å². The summed E-state index contributed by atoms with van der Waals surface area (Å²) in [5.74, 6) is 1.07. The van der Waals surface area contributed by atoms with Crippen LogP contribution in [0.25, 0.3) is 0 Å². The second kappa shape index (κ2) is 5.43. The normalized spacial score (nSPS) is 32.0. The van der Waals surface area contributed by atoms with Crippen molar-refractivity contribution >= 4 is 5.91 Å². The molecule has 0 unspecified atom stereocenters. The zero-order chi connectivity index (χ0) is 12.4. The van der Waals surface area contributed by atoms with Gasteiger partial charge < -0.3 is 10.2 Å². The molecule has 18 heavy (non-hydrogen) atoms. The number of piperidine rings is 1. The molecule has 2 saturated heterocycles. The minimum Gasteiger partial charge on any atom is -0.341 e. The predicted molar refractivity (Wildman–Crippen MR) is 72.3 cm³/mol. The minimum atomic E-state index is 0.361. The van der Waals surface area contributed by atoms with Gasteiger partial charge >= 0.3 is 0 Å². The number of likely N-dealkylation sites (tertiary alicyclic amines) is 1.